The van der Waals surface area contributed by atoms with Crippen LogP contribution in [-0.4, -0.2) is 12.6 Å². The molecular formula is C14H22LiN-2. The maximum atomic E-state index is 3.68. The van der Waals surface area contributed by atoms with Crippen molar-refractivity contribution >= 4 is 0 Å². The molecule has 0 saturated heterocycles. The maximum absolute atomic E-state index is 3.68. The molecule has 0 aliphatic rings. The molecule has 0 heterocycles. The molecule has 1 aromatic carbocycles. The summed E-state index contributed by atoms with van der Waals surface area (Å²) in [5.74, 6) is 0.627. The molecule has 0 spiro atoms. The Kier molecular flexibility index (Phi) is 12.8. The predicted octanol–water partition coefficient (Wildman–Crippen LogP) is 0.247. The van der Waals surface area contributed by atoms with Crippen molar-refractivity contribution in [3.05, 3.63) is 49.7 Å². The average molecular weight is 211 g/mol. The third-order valence-corrected chi connectivity index (χ3v) is 1.89. The zero-order valence-corrected chi connectivity index (χ0v) is 11.1. The molecule has 1 rings (SSSR count). The van der Waals surface area contributed by atoms with Gasteiger partial charge in [0.1, 0.15) is 0 Å². The molecule has 0 aromatic heterocycles. The van der Waals surface area contributed by atoms with E-state index in [2.05, 4.69) is 45.1 Å². The first-order valence-corrected chi connectivity index (χ1v) is 5.39. The van der Waals surface area contributed by atoms with E-state index < -0.39 is 0 Å². The molecule has 0 radical (unpaired) electrons. The molecule has 0 amide bonds. The SMILES string of the molecule is CC(C)c1c[c-]ccc1.[CH2-]CN[C@H]([CH2-])C.[Li+]. The van der Waals surface area contributed by atoms with Gasteiger partial charge >= 0.3 is 18.9 Å². The first-order chi connectivity index (χ1) is 7.07. The number of benzene rings is 1. The van der Waals surface area contributed by atoms with Crippen molar-refractivity contribution in [2.24, 2.45) is 0 Å². The van der Waals surface area contributed by atoms with E-state index >= 15 is 0 Å². The van der Waals surface area contributed by atoms with Crippen molar-refractivity contribution < 1.29 is 18.9 Å². The first-order valence-electron chi connectivity index (χ1n) is 5.39. The maximum Gasteiger partial charge on any atom is 1.00 e. The molecule has 1 atom stereocenters. The van der Waals surface area contributed by atoms with Crippen LogP contribution in [0, 0.1) is 19.9 Å². The Morgan fingerprint density at radius 3 is 2.19 bits per heavy atom. The average Bonchev–Trinajstić information content (AvgIpc) is 2.20. The molecule has 0 saturated carbocycles. The normalized spacial score (nSPS) is 11.1. The Balaban J connectivity index is 0. The van der Waals surface area contributed by atoms with Crippen molar-refractivity contribution in [2.45, 2.75) is 32.7 Å². The molecule has 1 aromatic rings. The fourth-order valence-electron chi connectivity index (χ4n) is 1.01. The summed E-state index contributed by atoms with van der Waals surface area (Å²) in [7, 11) is 0. The van der Waals surface area contributed by atoms with Gasteiger partial charge in [0.05, 0.1) is 0 Å². The molecule has 16 heavy (non-hydrogen) atoms. The number of hydrogen-bond acceptors (Lipinski definition) is 1. The van der Waals surface area contributed by atoms with Gasteiger partial charge in [0.2, 0.25) is 0 Å². The predicted molar refractivity (Wildman–Crippen MR) is 67.5 cm³/mol. The second-order valence-electron chi connectivity index (χ2n) is 3.85. The second-order valence-corrected chi connectivity index (χ2v) is 3.85. The fourth-order valence-corrected chi connectivity index (χ4v) is 1.01. The molecule has 86 valence electrons. The molecule has 0 aliphatic heterocycles. The summed E-state index contributed by atoms with van der Waals surface area (Å²) in [5.41, 5.74) is 1.36. The Morgan fingerprint density at radius 2 is 2.00 bits per heavy atom. The number of nitrogens with one attached hydrogen (secondary N) is 1. The van der Waals surface area contributed by atoms with E-state index in [1.807, 2.05) is 25.1 Å². The van der Waals surface area contributed by atoms with Crippen LogP contribution in [0.25, 0.3) is 0 Å². The standard InChI is InChI=1S/C9H11.C5H11N.Li/c1-8(2)9-6-4-3-5-7-9;1-4-6-5(2)3;/h3-4,6-8H,1-2H3;5-6H,1-2,4H2,3H3;/q-1;-2;+1/t;5-;/m.1./s1. The van der Waals surface area contributed by atoms with Crippen LogP contribution >= 0.6 is 0 Å². The van der Waals surface area contributed by atoms with Crippen molar-refractivity contribution in [3.63, 3.8) is 0 Å². The summed E-state index contributed by atoms with van der Waals surface area (Å²) in [6, 6.07) is 11.5. The van der Waals surface area contributed by atoms with Gasteiger partial charge in [-0.2, -0.15) is 35.9 Å². The van der Waals surface area contributed by atoms with Crippen molar-refractivity contribution in [2.75, 3.05) is 6.54 Å². The molecule has 0 bridgehead atoms. The van der Waals surface area contributed by atoms with Crippen LogP contribution in [0.1, 0.15) is 32.3 Å². The molecule has 0 unspecified atom stereocenters. The van der Waals surface area contributed by atoms with Gasteiger partial charge in [-0.3, -0.25) is 0 Å². The zero-order valence-electron chi connectivity index (χ0n) is 11.1. The Hall–Kier alpha value is -0.223. The van der Waals surface area contributed by atoms with Crippen LogP contribution in [-0.2, 0) is 0 Å². The first kappa shape index (κ1) is 18.2. The van der Waals surface area contributed by atoms with Gasteiger partial charge in [-0.1, -0.05) is 26.7 Å². The minimum Gasteiger partial charge on any atom is -0.373 e. The zero-order chi connectivity index (χ0) is 11.7. The monoisotopic (exact) mass is 211 g/mol. The van der Waals surface area contributed by atoms with Crippen molar-refractivity contribution in [1.29, 1.82) is 0 Å². The van der Waals surface area contributed by atoms with Crippen LogP contribution < -0.4 is 24.2 Å². The Labute approximate surface area is 113 Å². The van der Waals surface area contributed by atoms with Crippen LogP contribution in [0.3, 0.4) is 0 Å². The van der Waals surface area contributed by atoms with Gasteiger partial charge in [-0.25, -0.2) is 0 Å². The van der Waals surface area contributed by atoms with E-state index in [-0.39, 0.29) is 18.9 Å². The minimum atomic E-state index is 0. The van der Waals surface area contributed by atoms with Crippen molar-refractivity contribution in [3.8, 4) is 0 Å². The van der Waals surface area contributed by atoms with Crippen LogP contribution in [0.15, 0.2) is 24.3 Å². The Morgan fingerprint density at radius 1 is 1.38 bits per heavy atom. The van der Waals surface area contributed by atoms with Crippen LogP contribution in [0.4, 0.5) is 0 Å². The van der Waals surface area contributed by atoms with Crippen molar-refractivity contribution in [1.82, 2.24) is 5.32 Å². The van der Waals surface area contributed by atoms with E-state index in [9.17, 15) is 0 Å². The van der Waals surface area contributed by atoms with Gasteiger partial charge in [0, 0.05) is 0 Å². The molecule has 0 fully saturated rings. The third-order valence-electron chi connectivity index (χ3n) is 1.89. The number of rotatable bonds is 3. The summed E-state index contributed by atoms with van der Waals surface area (Å²) in [6.07, 6.45) is 0. The largest absolute Gasteiger partial charge is 1.00 e. The van der Waals surface area contributed by atoms with E-state index in [0.717, 1.165) is 6.54 Å². The summed E-state index contributed by atoms with van der Waals surface area (Å²) >= 11 is 0. The Bertz CT molecular complexity index is 232. The van der Waals surface area contributed by atoms with E-state index in [4.69, 9.17) is 0 Å². The van der Waals surface area contributed by atoms with Crippen LogP contribution in [0.5, 0.6) is 0 Å². The molecule has 1 N–H and O–H groups in total. The van der Waals surface area contributed by atoms with E-state index in [0.29, 0.717) is 12.0 Å². The van der Waals surface area contributed by atoms with Gasteiger partial charge in [-0.05, 0) is 0 Å². The van der Waals surface area contributed by atoms with Gasteiger partial charge in [0.25, 0.3) is 0 Å². The van der Waals surface area contributed by atoms with E-state index in [1.165, 1.54) is 5.56 Å². The third kappa shape index (κ3) is 10.3. The van der Waals surface area contributed by atoms with Crippen LogP contribution in [0.2, 0.25) is 0 Å². The molecule has 2 heteroatoms. The topological polar surface area (TPSA) is 12.0 Å². The summed E-state index contributed by atoms with van der Waals surface area (Å²) in [6.45, 7) is 14.4. The fraction of sp³-hybridized carbons (Fsp3) is 0.429. The minimum absolute atomic E-state index is 0. The quantitative estimate of drug-likeness (QED) is 0.558. The second kappa shape index (κ2) is 11.3. The van der Waals surface area contributed by atoms with Gasteiger partial charge in [-0.15, -0.1) is 12.6 Å². The van der Waals surface area contributed by atoms with Gasteiger partial charge in [0.15, 0.2) is 0 Å². The molecule has 0 aliphatic carbocycles. The molecular weight excluding hydrogens is 189 g/mol. The van der Waals surface area contributed by atoms with Gasteiger partial charge < -0.3 is 19.2 Å². The van der Waals surface area contributed by atoms with E-state index in [1.54, 1.807) is 0 Å². The summed E-state index contributed by atoms with van der Waals surface area (Å²) < 4.78 is 0. The smallest absolute Gasteiger partial charge is 0.373 e. The summed E-state index contributed by atoms with van der Waals surface area (Å²) in [4.78, 5) is 0. The summed E-state index contributed by atoms with van der Waals surface area (Å²) in [5, 5.41) is 2.99. The number of hydrogen-bond donors (Lipinski definition) is 1. The molecule has 1 nitrogen and oxygen atoms in total.